The fraction of sp³-hybridized carbons (Fsp3) is 0.667. The third kappa shape index (κ3) is 2.24. The minimum Gasteiger partial charge on any atom is -0.373 e. The van der Waals surface area contributed by atoms with Crippen LogP contribution >= 0.6 is 0 Å². The Hall–Kier alpha value is -1.09. The van der Waals surface area contributed by atoms with Crippen molar-refractivity contribution >= 4 is 5.78 Å². The molecule has 0 amide bonds. The number of ketones is 1. The van der Waals surface area contributed by atoms with Gasteiger partial charge in [-0.3, -0.25) is 4.79 Å². The van der Waals surface area contributed by atoms with E-state index in [1.54, 1.807) is 6.08 Å². The van der Waals surface area contributed by atoms with Gasteiger partial charge in [0.15, 0.2) is 5.78 Å². The van der Waals surface area contributed by atoms with Crippen LogP contribution in [-0.4, -0.2) is 47.8 Å². The monoisotopic (exact) mass is 246 g/mol. The smallest absolute Gasteiger partial charge is 0.159 e. The predicted molar refractivity (Wildman–Crippen MR) is 72.1 cm³/mol. The van der Waals surface area contributed by atoms with Crippen LogP contribution in [0.2, 0.25) is 0 Å². The molecule has 0 N–H and O–H groups in total. The molecule has 2 fully saturated rings. The molecule has 0 radical (unpaired) electrons. The summed E-state index contributed by atoms with van der Waals surface area (Å²) in [4.78, 5) is 16.6. The summed E-state index contributed by atoms with van der Waals surface area (Å²) < 4.78 is 0. The van der Waals surface area contributed by atoms with Gasteiger partial charge in [-0.15, -0.1) is 6.58 Å². The van der Waals surface area contributed by atoms with Crippen molar-refractivity contribution in [2.24, 2.45) is 11.8 Å². The number of carbonyl (C=O) groups excluding carboxylic acids is 1. The summed E-state index contributed by atoms with van der Waals surface area (Å²) in [6.07, 6.45) is 8.91. The van der Waals surface area contributed by atoms with Gasteiger partial charge in [0.1, 0.15) is 0 Å². The van der Waals surface area contributed by atoms with E-state index in [-0.39, 0.29) is 0 Å². The number of fused-ring (bicyclic) bond motifs is 4. The van der Waals surface area contributed by atoms with E-state index >= 15 is 0 Å². The summed E-state index contributed by atoms with van der Waals surface area (Å²) in [6, 6.07) is 0.463. The zero-order valence-corrected chi connectivity index (χ0v) is 10.9. The second-order valence-electron chi connectivity index (χ2n) is 5.95. The van der Waals surface area contributed by atoms with Crippen LogP contribution in [0.5, 0.6) is 0 Å². The molecule has 0 spiro atoms. The van der Waals surface area contributed by atoms with Crippen LogP contribution in [0.25, 0.3) is 0 Å². The molecule has 0 aromatic rings. The van der Waals surface area contributed by atoms with Crippen LogP contribution in [0, 0.1) is 11.8 Å². The van der Waals surface area contributed by atoms with E-state index in [4.69, 9.17) is 0 Å². The molecule has 18 heavy (non-hydrogen) atoms. The van der Waals surface area contributed by atoms with Gasteiger partial charge in [0.2, 0.25) is 0 Å². The number of piperidine rings is 2. The summed E-state index contributed by atoms with van der Waals surface area (Å²) in [5, 5.41) is 0. The van der Waals surface area contributed by atoms with E-state index in [9.17, 15) is 4.79 Å². The summed E-state index contributed by atoms with van der Waals surface area (Å²) in [5.74, 6) is 1.76. The average molecular weight is 246 g/mol. The van der Waals surface area contributed by atoms with Gasteiger partial charge in [-0.1, -0.05) is 6.08 Å². The Labute approximate surface area is 109 Å². The molecule has 0 aromatic carbocycles. The maximum atomic E-state index is 11.6. The molecule has 2 bridgehead atoms. The van der Waals surface area contributed by atoms with Crippen LogP contribution in [0.15, 0.2) is 24.9 Å². The summed E-state index contributed by atoms with van der Waals surface area (Å²) >= 11 is 0. The number of rotatable bonds is 3. The minimum atomic E-state index is 0.304. The van der Waals surface area contributed by atoms with E-state index in [1.807, 2.05) is 12.3 Å². The van der Waals surface area contributed by atoms with Crippen LogP contribution < -0.4 is 0 Å². The van der Waals surface area contributed by atoms with Crippen molar-refractivity contribution in [3.05, 3.63) is 24.9 Å². The second-order valence-corrected chi connectivity index (χ2v) is 5.95. The van der Waals surface area contributed by atoms with Crippen LogP contribution in [-0.2, 0) is 4.79 Å². The Balaban J connectivity index is 1.70. The first kappa shape index (κ1) is 12.0. The molecule has 0 saturated carbocycles. The maximum absolute atomic E-state index is 11.6. The van der Waals surface area contributed by atoms with Gasteiger partial charge in [0.05, 0.1) is 0 Å². The molecule has 0 aliphatic carbocycles. The van der Waals surface area contributed by atoms with E-state index in [2.05, 4.69) is 16.4 Å². The van der Waals surface area contributed by atoms with Gasteiger partial charge in [-0.25, -0.2) is 0 Å². The number of likely N-dealkylation sites (tertiary alicyclic amines) is 1. The van der Waals surface area contributed by atoms with Crippen molar-refractivity contribution in [3.63, 3.8) is 0 Å². The number of nitrogens with zero attached hydrogens (tertiary/aromatic N) is 2. The van der Waals surface area contributed by atoms with Crippen molar-refractivity contribution in [3.8, 4) is 0 Å². The van der Waals surface area contributed by atoms with E-state index in [0.29, 0.717) is 17.7 Å². The molecule has 3 nitrogen and oxygen atoms in total. The fourth-order valence-corrected chi connectivity index (χ4v) is 3.83. The fourth-order valence-electron chi connectivity index (χ4n) is 3.83. The first-order chi connectivity index (χ1) is 8.76. The first-order valence-corrected chi connectivity index (χ1v) is 7.06. The molecule has 3 aliphatic rings. The topological polar surface area (TPSA) is 23.6 Å². The van der Waals surface area contributed by atoms with Crippen LogP contribution in [0.3, 0.4) is 0 Å². The van der Waals surface area contributed by atoms with Crippen molar-refractivity contribution in [2.75, 3.05) is 26.2 Å². The van der Waals surface area contributed by atoms with Crippen LogP contribution in [0.1, 0.15) is 19.3 Å². The lowest BCUT2D eigenvalue weighted by Gasteiger charge is -2.51. The van der Waals surface area contributed by atoms with Gasteiger partial charge < -0.3 is 9.80 Å². The lowest BCUT2D eigenvalue weighted by molar-refractivity contribution is -0.118. The Morgan fingerprint density at radius 2 is 2.28 bits per heavy atom. The summed E-state index contributed by atoms with van der Waals surface area (Å²) in [5.41, 5.74) is 0. The normalized spacial score (nSPS) is 35.4. The van der Waals surface area contributed by atoms with Gasteiger partial charge in [-0.2, -0.15) is 0 Å². The SMILES string of the molecule is C=CCCN1C[C@@H]2C[C@H](C1)[C@H]1CC(=O)C=CN1C2. The lowest BCUT2D eigenvalue weighted by atomic mass is 9.77. The lowest BCUT2D eigenvalue weighted by Crippen LogP contribution is -2.57. The van der Waals surface area contributed by atoms with Crippen molar-refractivity contribution in [1.82, 2.24) is 9.80 Å². The quantitative estimate of drug-likeness (QED) is 0.708. The largest absolute Gasteiger partial charge is 0.373 e. The summed E-state index contributed by atoms with van der Waals surface area (Å²) in [6.45, 7) is 8.45. The third-order valence-electron chi connectivity index (χ3n) is 4.60. The molecule has 3 heterocycles. The van der Waals surface area contributed by atoms with Gasteiger partial charge >= 0.3 is 0 Å². The Kier molecular flexibility index (Phi) is 3.25. The number of allylic oxidation sites excluding steroid dienone is 1. The maximum Gasteiger partial charge on any atom is 0.159 e. The molecule has 3 atom stereocenters. The molecule has 0 unspecified atom stereocenters. The van der Waals surface area contributed by atoms with Gasteiger partial charge in [0.25, 0.3) is 0 Å². The highest BCUT2D eigenvalue weighted by atomic mass is 16.1. The molecule has 3 rings (SSSR count). The molecule has 2 saturated heterocycles. The molecule has 98 valence electrons. The van der Waals surface area contributed by atoms with E-state index in [1.165, 1.54) is 13.0 Å². The number of hydrogen-bond acceptors (Lipinski definition) is 3. The highest BCUT2D eigenvalue weighted by Crippen LogP contribution is 2.36. The molecule has 3 aliphatic heterocycles. The predicted octanol–water partition coefficient (Wildman–Crippen LogP) is 1.67. The van der Waals surface area contributed by atoms with E-state index < -0.39 is 0 Å². The highest BCUT2D eigenvalue weighted by Gasteiger charge is 2.41. The molecular weight excluding hydrogens is 224 g/mol. The van der Waals surface area contributed by atoms with Crippen LogP contribution in [0.4, 0.5) is 0 Å². The number of hydrogen-bond donors (Lipinski definition) is 0. The Morgan fingerprint density at radius 3 is 3.11 bits per heavy atom. The zero-order valence-electron chi connectivity index (χ0n) is 10.9. The Morgan fingerprint density at radius 1 is 1.39 bits per heavy atom. The van der Waals surface area contributed by atoms with E-state index in [0.717, 1.165) is 38.4 Å². The minimum absolute atomic E-state index is 0.304. The standard InChI is InChI=1S/C15H22N2O/c1-2-3-5-16-9-12-7-13(11-16)15-8-14(18)4-6-17(15)10-12/h2,4,6,12-13,15H,1,3,5,7-11H2/t12-,13+,15+/m0/s1. The summed E-state index contributed by atoms with van der Waals surface area (Å²) in [7, 11) is 0. The molecular formula is C15H22N2O. The van der Waals surface area contributed by atoms with Crippen molar-refractivity contribution in [1.29, 1.82) is 0 Å². The second kappa shape index (κ2) is 4.88. The molecule has 0 aromatic heterocycles. The van der Waals surface area contributed by atoms with Gasteiger partial charge in [0, 0.05) is 44.8 Å². The Bertz CT molecular complexity index is 377. The van der Waals surface area contributed by atoms with Crippen molar-refractivity contribution < 1.29 is 4.79 Å². The number of carbonyl (C=O) groups is 1. The third-order valence-corrected chi connectivity index (χ3v) is 4.60. The van der Waals surface area contributed by atoms with Crippen molar-refractivity contribution in [2.45, 2.75) is 25.3 Å². The molecule has 3 heteroatoms. The van der Waals surface area contributed by atoms with Gasteiger partial charge in [-0.05, 0) is 30.8 Å². The average Bonchev–Trinajstić information content (AvgIpc) is 2.37. The zero-order chi connectivity index (χ0) is 12.5. The first-order valence-electron chi connectivity index (χ1n) is 7.06. The highest BCUT2D eigenvalue weighted by molar-refractivity contribution is 5.90.